The molecule has 0 radical (unpaired) electrons. The van der Waals surface area contributed by atoms with Gasteiger partial charge in [-0.3, -0.25) is 9.48 Å². The number of piperidine rings is 1. The lowest BCUT2D eigenvalue weighted by Gasteiger charge is -2.33. The van der Waals surface area contributed by atoms with E-state index < -0.39 is 5.60 Å². The lowest BCUT2D eigenvalue weighted by Crippen LogP contribution is -2.42. The van der Waals surface area contributed by atoms with E-state index in [-0.39, 0.29) is 29.5 Å². The van der Waals surface area contributed by atoms with Crippen molar-refractivity contribution in [3.05, 3.63) is 53.9 Å². The number of rotatable bonds is 5. The van der Waals surface area contributed by atoms with E-state index in [4.69, 9.17) is 15.0 Å². The minimum atomic E-state index is -0.519. The fourth-order valence-electron chi connectivity index (χ4n) is 3.89. The van der Waals surface area contributed by atoms with Crippen LogP contribution in [-0.2, 0) is 11.3 Å². The number of anilines is 1. The Hall–Kier alpha value is -3.82. The Morgan fingerprint density at radius 2 is 1.91 bits per heavy atom. The molecule has 0 unspecified atom stereocenters. The lowest BCUT2D eigenvalue weighted by atomic mass is 10.1. The molecule has 1 aromatic carbocycles. The van der Waals surface area contributed by atoms with E-state index in [1.807, 2.05) is 62.0 Å². The average Bonchev–Trinajstić information content (AvgIpc) is 3.44. The van der Waals surface area contributed by atoms with Crippen molar-refractivity contribution in [1.82, 2.24) is 25.2 Å². The van der Waals surface area contributed by atoms with Gasteiger partial charge in [-0.15, -0.1) is 0 Å². The van der Waals surface area contributed by atoms with E-state index >= 15 is 0 Å². The number of carbonyl (C=O) groups is 2. The van der Waals surface area contributed by atoms with Crippen LogP contribution >= 0.6 is 0 Å². The molecule has 1 saturated heterocycles. The number of hydrogen-bond donors (Lipinski definition) is 2. The summed E-state index contributed by atoms with van der Waals surface area (Å²) in [6.45, 7) is 7.10. The molecule has 0 aliphatic carbocycles. The quantitative estimate of drug-likeness (QED) is 0.587. The molecular weight excluding hydrogens is 436 g/mol. The zero-order valence-corrected chi connectivity index (χ0v) is 19.7. The maximum Gasteiger partial charge on any atom is 0.410 e. The van der Waals surface area contributed by atoms with Crippen LogP contribution in [0.15, 0.2) is 47.2 Å². The average molecular weight is 467 g/mol. The minimum absolute atomic E-state index is 0.0426. The van der Waals surface area contributed by atoms with Crippen LogP contribution in [-0.4, -0.2) is 50.5 Å². The predicted octanol–water partition coefficient (Wildman–Crippen LogP) is 3.62. The fourth-order valence-corrected chi connectivity index (χ4v) is 3.89. The molecule has 3 aromatic rings. The molecule has 10 nitrogen and oxygen atoms in total. The Morgan fingerprint density at radius 3 is 2.59 bits per heavy atom. The largest absolute Gasteiger partial charge is 0.444 e. The van der Waals surface area contributed by atoms with Gasteiger partial charge >= 0.3 is 6.09 Å². The first-order valence-electron chi connectivity index (χ1n) is 11.3. The number of ether oxygens (including phenoxy) is 1. The van der Waals surface area contributed by atoms with Crippen LogP contribution in [0.3, 0.4) is 0 Å². The van der Waals surface area contributed by atoms with Crippen molar-refractivity contribution in [2.45, 2.75) is 51.8 Å². The van der Waals surface area contributed by atoms with E-state index in [1.165, 1.54) is 0 Å². The number of carbonyl (C=O) groups excluding carboxylic acids is 2. The number of benzene rings is 1. The number of nitrogens with zero attached hydrogens (tertiary/aromatic N) is 4. The summed E-state index contributed by atoms with van der Waals surface area (Å²) in [7, 11) is 0. The number of nitrogens with two attached hydrogens (primary N) is 1. The second-order valence-corrected chi connectivity index (χ2v) is 9.35. The van der Waals surface area contributed by atoms with E-state index in [1.54, 1.807) is 11.1 Å². The van der Waals surface area contributed by atoms with Crippen molar-refractivity contribution in [3.63, 3.8) is 0 Å². The summed E-state index contributed by atoms with van der Waals surface area (Å²) in [5.41, 5.74) is 7.55. The summed E-state index contributed by atoms with van der Waals surface area (Å²) in [5.74, 6) is -0.407. The summed E-state index contributed by atoms with van der Waals surface area (Å²) in [4.78, 5) is 26.9. The molecule has 2 aromatic heterocycles. The summed E-state index contributed by atoms with van der Waals surface area (Å²) < 4.78 is 12.4. The van der Waals surface area contributed by atoms with Crippen LogP contribution in [0.1, 0.15) is 55.6 Å². The Kier molecular flexibility index (Phi) is 6.58. The fraction of sp³-hybridized carbons (Fsp3) is 0.417. The first kappa shape index (κ1) is 23.3. The molecule has 1 fully saturated rings. The van der Waals surface area contributed by atoms with E-state index in [2.05, 4.69) is 15.6 Å². The maximum absolute atomic E-state index is 12.8. The number of nitrogen functional groups attached to an aromatic ring is 1. The molecule has 0 atom stereocenters. The summed E-state index contributed by atoms with van der Waals surface area (Å²) in [6.07, 6.45) is 4.67. The Bertz CT molecular complexity index is 1140. The van der Waals surface area contributed by atoms with Crippen LogP contribution < -0.4 is 11.1 Å². The molecule has 1 aliphatic heterocycles. The highest BCUT2D eigenvalue weighted by molar-refractivity contribution is 6.03. The van der Waals surface area contributed by atoms with Crippen molar-refractivity contribution >= 4 is 17.9 Å². The molecule has 0 saturated carbocycles. The zero-order chi connectivity index (χ0) is 24.3. The molecule has 180 valence electrons. The monoisotopic (exact) mass is 466 g/mol. The molecule has 2 amide bonds. The van der Waals surface area contributed by atoms with Crippen molar-refractivity contribution < 1.29 is 18.8 Å². The minimum Gasteiger partial charge on any atom is -0.444 e. The predicted molar refractivity (Wildman–Crippen MR) is 126 cm³/mol. The highest BCUT2D eigenvalue weighted by Gasteiger charge is 2.29. The van der Waals surface area contributed by atoms with Gasteiger partial charge in [0.25, 0.3) is 5.91 Å². The van der Waals surface area contributed by atoms with Gasteiger partial charge in [0.2, 0.25) is 5.88 Å². The Balaban J connectivity index is 1.41. The van der Waals surface area contributed by atoms with Crippen molar-refractivity contribution in [2.75, 3.05) is 18.8 Å². The van der Waals surface area contributed by atoms with Gasteiger partial charge in [-0.05, 0) is 39.2 Å². The van der Waals surface area contributed by atoms with Gasteiger partial charge in [-0.25, -0.2) is 4.79 Å². The summed E-state index contributed by atoms with van der Waals surface area (Å²) in [6, 6.07) is 9.71. The maximum atomic E-state index is 12.8. The zero-order valence-electron chi connectivity index (χ0n) is 19.7. The molecule has 0 spiro atoms. The molecular formula is C24H30N6O4. The second kappa shape index (κ2) is 9.58. The lowest BCUT2D eigenvalue weighted by molar-refractivity contribution is 0.0184. The Labute approximate surface area is 198 Å². The third kappa shape index (κ3) is 5.38. The van der Waals surface area contributed by atoms with Gasteiger partial charge in [0.1, 0.15) is 16.9 Å². The number of hydrogen-bond acceptors (Lipinski definition) is 7. The standard InChI is InChI=1S/C24H30N6O4/c1-24(2,3)33-23(32)29-11-9-18(10-12-29)30-15-17(14-27-30)20-19(21(25)34-28-20)22(31)26-13-16-7-5-4-6-8-16/h4-8,14-15,18H,9-13,25H2,1-3H3,(H,26,31). The Morgan fingerprint density at radius 1 is 1.21 bits per heavy atom. The SMILES string of the molecule is CC(C)(C)OC(=O)N1CCC(n2cc(-c3noc(N)c3C(=O)NCc3ccccc3)cn2)CC1. The van der Waals surface area contributed by atoms with Gasteiger partial charge in [0.15, 0.2) is 0 Å². The topological polar surface area (TPSA) is 129 Å². The van der Waals surface area contributed by atoms with Crippen LogP contribution in [0.5, 0.6) is 0 Å². The molecule has 34 heavy (non-hydrogen) atoms. The molecule has 4 rings (SSSR count). The van der Waals surface area contributed by atoms with Crippen molar-refractivity contribution in [2.24, 2.45) is 0 Å². The van der Waals surface area contributed by atoms with Crippen molar-refractivity contribution in [3.8, 4) is 11.3 Å². The van der Waals surface area contributed by atoms with E-state index in [0.29, 0.717) is 30.9 Å². The molecule has 10 heteroatoms. The normalized spacial score (nSPS) is 14.7. The molecule has 3 heterocycles. The van der Waals surface area contributed by atoms with Crippen LogP contribution in [0.4, 0.5) is 10.7 Å². The van der Waals surface area contributed by atoms with E-state index in [0.717, 1.165) is 18.4 Å². The molecule has 1 aliphatic rings. The number of nitrogens with one attached hydrogen (secondary N) is 1. The third-order valence-corrected chi connectivity index (χ3v) is 5.61. The highest BCUT2D eigenvalue weighted by Crippen LogP contribution is 2.29. The second-order valence-electron chi connectivity index (χ2n) is 9.35. The number of aromatic nitrogens is 3. The van der Waals surface area contributed by atoms with Crippen LogP contribution in [0.2, 0.25) is 0 Å². The van der Waals surface area contributed by atoms with Gasteiger partial charge in [0, 0.05) is 31.4 Å². The molecule has 3 N–H and O–H groups in total. The van der Waals surface area contributed by atoms with Crippen LogP contribution in [0, 0.1) is 0 Å². The van der Waals surface area contributed by atoms with Gasteiger partial charge < -0.3 is 25.2 Å². The van der Waals surface area contributed by atoms with Gasteiger partial charge in [0.05, 0.1) is 12.2 Å². The van der Waals surface area contributed by atoms with Gasteiger partial charge in [-0.2, -0.15) is 5.10 Å². The number of likely N-dealkylation sites (tertiary alicyclic amines) is 1. The first-order chi connectivity index (χ1) is 16.2. The highest BCUT2D eigenvalue weighted by atomic mass is 16.6. The first-order valence-corrected chi connectivity index (χ1v) is 11.3. The summed E-state index contributed by atoms with van der Waals surface area (Å²) in [5, 5.41) is 11.3. The van der Waals surface area contributed by atoms with E-state index in [9.17, 15) is 9.59 Å². The summed E-state index contributed by atoms with van der Waals surface area (Å²) >= 11 is 0. The van der Waals surface area contributed by atoms with Crippen LogP contribution in [0.25, 0.3) is 11.3 Å². The smallest absolute Gasteiger partial charge is 0.410 e. The molecule has 0 bridgehead atoms. The van der Waals surface area contributed by atoms with Gasteiger partial charge in [-0.1, -0.05) is 35.5 Å². The van der Waals surface area contributed by atoms with Crippen molar-refractivity contribution in [1.29, 1.82) is 0 Å². The number of amides is 2. The third-order valence-electron chi connectivity index (χ3n) is 5.61.